The van der Waals surface area contributed by atoms with Crippen LogP contribution in [0.15, 0.2) is 36.4 Å². The summed E-state index contributed by atoms with van der Waals surface area (Å²) in [6.45, 7) is 5.89. The highest BCUT2D eigenvalue weighted by Gasteiger charge is 2.10. The molecule has 0 aromatic heterocycles. The number of benzene rings is 2. The van der Waals surface area contributed by atoms with Crippen LogP contribution in [0.1, 0.15) is 27.0 Å². The molecule has 3 heteroatoms. The molecule has 0 aliphatic carbocycles. The van der Waals surface area contributed by atoms with Crippen LogP contribution in [-0.2, 0) is 0 Å². The van der Waals surface area contributed by atoms with Gasteiger partial charge >= 0.3 is 0 Å². The minimum atomic E-state index is -0.108. The third-order valence-corrected chi connectivity index (χ3v) is 3.31. The van der Waals surface area contributed by atoms with E-state index in [1.54, 1.807) is 6.07 Å². The number of nitrogens with one attached hydrogen (secondary N) is 1. The van der Waals surface area contributed by atoms with E-state index in [0.29, 0.717) is 10.6 Å². The molecule has 98 valence electrons. The zero-order valence-corrected chi connectivity index (χ0v) is 12.0. The number of halogens is 1. The van der Waals surface area contributed by atoms with Gasteiger partial charge < -0.3 is 5.32 Å². The summed E-state index contributed by atoms with van der Waals surface area (Å²) in [5.74, 6) is -0.108. The molecule has 0 aliphatic rings. The van der Waals surface area contributed by atoms with Gasteiger partial charge in [-0.3, -0.25) is 4.79 Å². The van der Waals surface area contributed by atoms with Crippen molar-refractivity contribution in [2.24, 2.45) is 0 Å². The summed E-state index contributed by atoms with van der Waals surface area (Å²) in [6, 6.07) is 11.2. The molecule has 0 saturated heterocycles. The van der Waals surface area contributed by atoms with Crippen LogP contribution in [0.25, 0.3) is 0 Å². The van der Waals surface area contributed by atoms with E-state index in [-0.39, 0.29) is 5.91 Å². The van der Waals surface area contributed by atoms with Crippen LogP contribution in [0, 0.1) is 20.8 Å². The zero-order valence-electron chi connectivity index (χ0n) is 11.3. The highest BCUT2D eigenvalue weighted by atomic mass is 35.5. The minimum Gasteiger partial charge on any atom is -0.322 e. The van der Waals surface area contributed by atoms with Gasteiger partial charge in [-0.05, 0) is 50.1 Å². The molecular formula is C16H16ClNO. The Morgan fingerprint density at radius 1 is 1.00 bits per heavy atom. The maximum Gasteiger partial charge on any atom is 0.255 e. The maximum absolute atomic E-state index is 12.3. The summed E-state index contributed by atoms with van der Waals surface area (Å²) in [4.78, 5) is 12.3. The Balaban J connectivity index is 2.28. The molecule has 0 atom stereocenters. The van der Waals surface area contributed by atoms with E-state index in [1.165, 1.54) is 0 Å². The number of hydrogen-bond acceptors (Lipinski definition) is 1. The second-order valence-corrected chi connectivity index (χ2v) is 5.17. The lowest BCUT2D eigenvalue weighted by atomic mass is 10.0. The lowest BCUT2D eigenvalue weighted by molar-refractivity contribution is 0.102. The highest BCUT2D eigenvalue weighted by molar-refractivity contribution is 6.31. The summed E-state index contributed by atoms with van der Waals surface area (Å²) in [7, 11) is 0. The van der Waals surface area contributed by atoms with Crippen LogP contribution < -0.4 is 5.32 Å². The Hall–Kier alpha value is -1.80. The van der Waals surface area contributed by atoms with Crippen molar-refractivity contribution in [2.45, 2.75) is 20.8 Å². The zero-order chi connectivity index (χ0) is 14.0. The molecule has 2 nitrogen and oxygen atoms in total. The Morgan fingerprint density at radius 3 is 2.42 bits per heavy atom. The van der Waals surface area contributed by atoms with Crippen LogP contribution in [0.2, 0.25) is 5.02 Å². The maximum atomic E-state index is 12.3. The molecule has 2 rings (SSSR count). The van der Waals surface area contributed by atoms with Gasteiger partial charge in [0, 0.05) is 16.3 Å². The first-order chi connectivity index (χ1) is 8.97. The molecule has 2 aromatic carbocycles. The van der Waals surface area contributed by atoms with E-state index >= 15 is 0 Å². The fourth-order valence-electron chi connectivity index (χ4n) is 1.99. The Bertz CT molecular complexity index is 635. The number of hydrogen-bond donors (Lipinski definition) is 1. The van der Waals surface area contributed by atoms with Gasteiger partial charge in [0.1, 0.15) is 0 Å². The van der Waals surface area contributed by atoms with E-state index in [1.807, 2.05) is 51.1 Å². The number of rotatable bonds is 2. The molecule has 0 heterocycles. The smallest absolute Gasteiger partial charge is 0.255 e. The van der Waals surface area contributed by atoms with Crippen molar-refractivity contribution in [3.05, 3.63) is 63.7 Å². The number of carbonyl (C=O) groups is 1. The summed E-state index contributed by atoms with van der Waals surface area (Å²) < 4.78 is 0. The molecule has 0 radical (unpaired) electrons. The van der Waals surface area contributed by atoms with E-state index in [4.69, 9.17) is 11.6 Å². The fourth-order valence-corrected chi connectivity index (χ4v) is 2.16. The number of amides is 1. The normalized spacial score (nSPS) is 10.3. The Kier molecular flexibility index (Phi) is 3.91. The van der Waals surface area contributed by atoms with E-state index in [0.717, 1.165) is 22.4 Å². The first kappa shape index (κ1) is 13.6. The molecule has 0 saturated carbocycles. The lowest BCUT2D eigenvalue weighted by Crippen LogP contribution is -2.14. The number of aryl methyl sites for hydroxylation is 3. The molecule has 0 bridgehead atoms. The summed E-state index contributed by atoms with van der Waals surface area (Å²) in [5.41, 5.74) is 4.54. The largest absolute Gasteiger partial charge is 0.322 e. The summed E-state index contributed by atoms with van der Waals surface area (Å²) in [5, 5.41) is 3.52. The van der Waals surface area contributed by atoms with E-state index in [9.17, 15) is 4.79 Å². The van der Waals surface area contributed by atoms with Gasteiger partial charge in [0.15, 0.2) is 0 Å². The summed E-state index contributed by atoms with van der Waals surface area (Å²) >= 11 is 5.95. The van der Waals surface area contributed by atoms with Crippen LogP contribution in [0.5, 0.6) is 0 Å². The van der Waals surface area contributed by atoms with Crippen molar-refractivity contribution in [2.75, 3.05) is 5.32 Å². The van der Waals surface area contributed by atoms with Crippen molar-refractivity contribution < 1.29 is 4.79 Å². The van der Waals surface area contributed by atoms with Crippen molar-refractivity contribution >= 4 is 23.2 Å². The molecule has 0 unspecified atom stereocenters. The number of anilines is 1. The van der Waals surface area contributed by atoms with Crippen molar-refractivity contribution in [1.29, 1.82) is 0 Å². The first-order valence-corrected chi connectivity index (χ1v) is 6.50. The first-order valence-electron chi connectivity index (χ1n) is 6.12. The van der Waals surface area contributed by atoms with Gasteiger partial charge in [0.05, 0.1) is 0 Å². The third kappa shape index (κ3) is 3.15. The van der Waals surface area contributed by atoms with Crippen molar-refractivity contribution in [3.8, 4) is 0 Å². The van der Waals surface area contributed by atoms with E-state index < -0.39 is 0 Å². The molecule has 1 amide bonds. The lowest BCUT2D eigenvalue weighted by Gasteiger charge is -2.11. The molecule has 19 heavy (non-hydrogen) atoms. The minimum absolute atomic E-state index is 0.108. The van der Waals surface area contributed by atoms with Gasteiger partial charge in [-0.15, -0.1) is 0 Å². The number of carbonyl (C=O) groups excluding carboxylic acids is 1. The SMILES string of the molecule is Cc1ccc(C(=O)Nc2cc(Cl)ccc2C)c(C)c1. The standard InChI is InChI=1S/C16H16ClNO/c1-10-4-7-14(12(3)8-10)16(19)18-15-9-13(17)6-5-11(15)2/h4-9H,1-3H3,(H,18,19). The van der Waals surface area contributed by atoms with Crippen LogP contribution in [0.4, 0.5) is 5.69 Å². The van der Waals surface area contributed by atoms with Crippen molar-refractivity contribution in [3.63, 3.8) is 0 Å². The van der Waals surface area contributed by atoms with E-state index in [2.05, 4.69) is 5.32 Å². The average molecular weight is 274 g/mol. The van der Waals surface area contributed by atoms with Crippen LogP contribution >= 0.6 is 11.6 Å². The predicted molar refractivity (Wildman–Crippen MR) is 80.1 cm³/mol. The average Bonchev–Trinajstić information content (AvgIpc) is 2.33. The highest BCUT2D eigenvalue weighted by Crippen LogP contribution is 2.21. The fraction of sp³-hybridized carbons (Fsp3) is 0.188. The van der Waals surface area contributed by atoms with Crippen LogP contribution in [-0.4, -0.2) is 5.91 Å². The summed E-state index contributed by atoms with van der Waals surface area (Å²) in [6.07, 6.45) is 0. The molecular weight excluding hydrogens is 258 g/mol. The molecule has 2 aromatic rings. The Morgan fingerprint density at radius 2 is 1.74 bits per heavy atom. The van der Waals surface area contributed by atoms with Crippen molar-refractivity contribution in [1.82, 2.24) is 0 Å². The predicted octanol–water partition coefficient (Wildman–Crippen LogP) is 4.52. The van der Waals surface area contributed by atoms with Gasteiger partial charge in [-0.25, -0.2) is 0 Å². The van der Waals surface area contributed by atoms with Gasteiger partial charge in [-0.2, -0.15) is 0 Å². The molecule has 0 aliphatic heterocycles. The monoisotopic (exact) mass is 273 g/mol. The quantitative estimate of drug-likeness (QED) is 0.856. The van der Waals surface area contributed by atoms with Gasteiger partial charge in [-0.1, -0.05) is 35.4 Å². The van der Waals surface area contributed by atoms with Gasteiger partial charge in [0.2, 0.25) is 0 Å². The molecule has 1 N–H and O–H groups in total. The van der Waals surface area contributed by atoms with Gasteiger partial charge in [0.25, 0.3) is 5.91 Å². The second kappa shape index (κ2) is 5.45. The molecule has 0 spiro atoms. The second-order valence-electron chi connectivity index (χ2n) is 4.73. The van der Waals surface area contributed by atoms with Crippen LogP contribution in [0.3, 0.4) is 0 Å². The topological polar surface area (TPSA) is 29.1 Å². The Labute approximate surface area is 118 Å². The third-order valence-electron chi connectivity index (χ3n) is 3.07. The molecule has 0 fully saturated rings.